The number of halogens is 2. The van der Waals surface area contributed by atoms with Gasteiger partial charge in [-0.05, 0) is 24.3 Å². The van der Waals surface area contributed by atoms with Gasteiger partial charge in [0.05, 0.1) is 17.5 Å². The van der Waals surface area contributed by atoms with Gasteiger partial charge >= 0.3 is 0 Å². The van der Waals surface area contributed by atoms with Crippen LogP contribution in [0.25, 0.3) is 0 Å². The maximum atomic E-state index is 6.14. The number of hydrogen-bond acceptors (Lipinski definition) is 3. The van der Waals surface area contributed by atoms with Crippen molar-refractivity contribution in [2.24, 2.45) is 0 Å². The molecule has 0 unspecified atom stereocenters. The van der Waals surface area contributed by atoms with E-state index < -0.39 is 7.92 Å². The topological polar surface area (TPSA) is 39.4 Å². The van der Waals surface area contributed by atoms with E-state index in [2.05, 4.69) is 0 Å². The van der Waals surface area contributed by atoms with E-state index in [1.54, 1.807) is 12.5 Å². The van der Waals surface area contributed by atoms with Crippen LogP contribution in [-0.2, 0) is 0 Å². The molecule has 0 amide bonds. The minimum Gasteiger partial charge on any atom is -0.464 e. The van der Waals surface area contributed by atoms with Crippen LogP contribution in [0, 0.1) is 0 Å². The van der Waals surface area contributed by atoms with Crippen LogP contribution < -0.4 is 16.5 Å². The zero-order chi connectivity index (χ0) is 12.5. The summed E-state index contributed by atoms with van der Waals surface area (Å²) < 4.78 is 16.3. The fourth-order valence-electron chi connectivity index (χ4n) is 1.57. The van der Waals surface area contributed by atoms with Crippen molar-refractivity contribution in [2.75, 3.05) is 0 Å². The molecular formula is C12H7Cl2O3P. The van der Waals surface area contributed by atoms with E-state index in [9.17, 15) is 0 Å². The number of furan rings is 3. The monoisotopic (exact) mass is 300 g/mol. The average molecular weight is 301 g/mol. The molecule has 92 valence electrons. The first-order valence-corrected chi connectivity index (χ1v) is 7.17. The second-order valence-corrected chi connectivity index (χ2v) is 6.18. The fraction of sp³-hybridized carbons (Fsp3) is 0. The lowest BCUT2D eigenvalue weighted by Crippen LogP contribution is -2.18. The van der Waals surface area contributed by atoms with Crippen LogP contribution in [0.1, 0.15) is 0 Å². The molecule has 3 heterocycles. The van der Waals surface area contributed by atoms with Crippen LogP contribution >= 0.6 is 31.1 Å². The summed E-state index contributed by atoms with van der Waals surface area (Å²) in [5.41, 5.74) is 2.06. The fourth-order valence-corrected chi connectivity index (χ4v) is 4.00. The highest BCUT2D eigenvalue weighted by molar-refractivity contribution is 7.79. The van der Waals surface area contributed by atoms with E-state index in [0.717, 1.165) is 11.0 Å². The Bertz CT molecular complexity index is 594. The van der Waals surface area contributed by atoms with E-state index in [1.165, 1.54) is 6.26 Å². The molecule has 0 aliphatic carbocycles. The Morgan fingerprint density at radius 3 is 1.89 bits per heavy atom. The molecule has 6 heteroatoms. The zero-order valence-corrected chi connectivity index (χ0v) is 11.4. The molecule has 3 aromatic rings. The lowest BCUT2D eigenvalue weighted by molar-refractivity contribution is 0.584. The van der Waals surface area contributed by atoms with Crippen LogP contribution in [0.4, 0.5) is 0 Å². The van der Waals surface area contributed by atoms with Crippen LogP contribution in [0.3, 0.4) is 0 Å². The van der Waals surface area contributed by atoms with E-state index in [4.69, 9.17) is 36.5 Å². The zero-order valence-electron chi connectivity index (χ0n) is 8.97. The van der Waals surface area contributed by atoms with Crippen molar-refractivity contribution in [2.45, 2.75) is 0 Å². The smallest absolute Gasteiger partial charge is 0.160 e. The maximum absolute atomic E-state index is 6.14. The summed E-state index contributed by atoms with van der Waals surface area (Å²) in [6.45, 7) is 0. The summed E-state index contributed by atoms with van der Waals surface area (Å²) in [7, 11) is -1.09. The summed E-state index contributed by atoms with van der Waals surface area (Å²) in [5.74, 6) is 0. The molecule has 0 N–H and O–H groups in total. The second-order valence-electron chi connectivity index (χ2n) is 3.44. The quantitative estimate of drug-likeness (QED) is 0.695. The SMILES string of the molecule is Clc1coc(P(c2ccco2)c2ccco2)c1Cl. The lowest BCUT2D eigenvalue weighted by atomic mass is 10.6. The Morgan fingerprint density at radius 1 is 0.889 bits per heavy atom. The highest BCUT2D eigenvalue weighted by atomic mass is 35.5. The first-order valence-electron chi connectivity index (χ1n) is 5.07. The van der Waals surface area contributed by atoms with E-state index in [-0.39, 0.29) is 0 Å². The molecule has 0 bridgehead atoms. The molecule has 0 aliphatic rings. The highest BCUT2D eigenvalue weighted by Gasteiger charge is 2.28. The molecule has 0 spiro atoms. The Labute approximate surface area is 114 Å². The minimum absolute atomic E-state index is 0.386. The Hall–Kier alpha value is -1.15. The first-order chi connectivity index (χ1) is 8.77. The van der Waals surface area contributed by atoms with Gasteiger partial charge < -0.3 is 13.3 Å². The van der Waals surface area contributed by atoms with Gasteiger partial charge in [0.25, 0.3) is 0 Å². The predicted molar refractivity (Wildman–Crippen MR) is 72.0 cm³/mol. The Morgan fingerprint density at radius 2 is 1.50 bits per heavy atom. The summed E-state index contributed by atoms with van der Waals surface area (Å²) in [4.78, 5) is 0. The summed E-state index contributed by atoms with van der Waals surface area (Å²) >= 11 is 12.1. The van der Waals surface area contributed by atoms with Gasteiger partial charge in [0.1, 0.15) is 30.2 Å². The van der Waals surface area contributed by atoms with E-state index in [1.807, 2.05) is 24.3 Å². The van der Waals surface area contributed by atoms with Crippen LogP contribution in [0.2, 0.25) is 10.0 Å². The molecule has 0 aliphatic heterocycles. The van der Waals surface area contributed by atoms with Crippen molar-refractivity contribution in [3.05, 3.63) is 53.1 Å². The summed E-state index contributed by atoms with van der Waals surface area (Å²) in [6.07, 6.45) is 4.62. The van der Waals surface area contributed by atoms with Crippen LogP contribution in [0.5, 0.6) is 0 Å². The molecule has 0 aromatic carbocycles. The molecule has 3 rings (SSSR count). The number of hydrogen-bond donors (Lipinski definition) is 0. The summed E-state index contributed by atoms with van der Waals surface area (Å²) in [5, 5.41) is 0.785. The molecule has 3 nitrogen and oxygen atoms in total. The Kier molecular flexibility index (Phi) is 3.21. The van der Waals surface area contributed by atoms with Crippen LogP contribution in [0.15, 0.2) is 56.3 Å². The van der Waals surface area contributed by atoms with Crippen molar-refractivity contribution in [1.82, 2.24) is 0 Å². The van der Waals surface area contributed by atoms with Gasteiger partial charge in [-0.1, -0.05) is 23.2 Å². The molecular weight excluding hydrogens is 294 g/mol. The van der Waals surface area contributed by atoms with Crippen molar-refractivity contribution in [3.8, 4) is 0 Å². The average Bonchev–Trinajstić information content (AvgIpc) is 3.08. The van der Waals surface area contributed by atoms with Crippen molar-refractivity contribution < 1.29 is 13.3 Å². The minimum atomic E-state index is -1.09. The third-order valence-corrected chi connectivity index (χ3v) is 5.34. The molecule has 3 aromatic heterocycles. The van der Waals surface area contributed by atoms with Gasteiger partial charge in [-0.15, -0.1) is 0 Å². The van der Waals surface area contributed by atoms with Gasteiger partial charge in [0.15, 0.2) is 5.50 Å². The van der Waals surface area contributed by atoms with E-state index >= 15 is 0 Å². The molecule has 0 saturated heterocycles. The normalized spacial score (nSPS) is 11.3. The summed E-state index contributed by atoms with van der Waals surface area (Å²) in [6, 6.07) is 7.35. The van der Waals surface area contributed by atoms with Gasteiger partial charge in [-0.2, -0.15) is 0 Å². The van der Waals surface area contributed by atoms with E-state index in [0.29, 0.717) is 15.5 Å². The largest absolute Gasteiger partial charge is 0.464 e. The van der Waals surface area contributed by atoms with Crippen LogP contribution in [-0.4, -0.2) is 0 Å². The second kappa shape index (κ2) is 4.85. The van der Waals surface area contributed by atoms with Crippen molar-refractivity contribution in [3.63, 3.8) is 0 Å². The van der Waals surface area contributed by atoms with Crippen molar-refractivity contribution in [1.29, 1.82) is 0 Å². The molecule has 18 heavy (non-hydrogen) atoms. The third-order valence-electron chi connectivity index (χ3n) is 2.33. The number of rotatable bonds is 3. The third kappa shape index (κ3) is 1.99. The highest BCUT2D eigenvalue weighted by Crippen LogP contribution is 2.38. The molecule has 0 radical (unpaired) electrons. The standard InChI is InChI=1S/C12H7Cl2O3P/c13-8-7-17-12(11(8)14)18(9-3-1-5-15-9)10-4-2-6-16-10/h1-7H. The lowest BCUT2D eigenvalue weighted by Gasteiger charge is -2.09. The molecule has 0 atom stereocenters. The molecule has 0 fully saturated rings. The van der Waals surface area contributed by atoms with Gasteiger partial charge in [-0.25, -0.2) is 0 Å². The van der Waals surface area contributed by atoms with Gasteiger partial charge in [0, 0.05) is 0 Å². The van der Waals surface area contributed by atoms with Gasteiger partial charge in [0.2, 0.25) is 0 Å². The molecule has 0 saturated carbocycles. The maximum Gasteiger partial charge on any atom is 0.160 e. The Balaban J connectivity index is 2.14. The predicted octanol–water partition coefficient (Wildman–Crippen LogP) is 3.53. The first kappa shape index (κ1) is 11.9. The van der Waals surface area contributed by atoms with Crippen molar-refractivity contribution >= 4 is 47.6 Å². The van der Waals surface area contributed by atoms with Gasteiger partial charge in [-0.3, -0.25) is 0 Å².